The second-order valence-corrected chi connectivity index (χ2v) is 6.91. The van der Waals surface area contributed by atoms with Crippen molar-refractivity contribution in [3.63, 3.8) is 0 Å². The molecule has 0 aromatic heterocycles. The number of benzene rings is 2. The molecule has 0 fully saturated rings. The van der Waals surface area contributed by atoms with E-state index in [4.69, 9.17) is 0 Å². The first-order chi connectivity index (χ1) is 14.9. The number of carbonyl (C=O) groups excluding carboxylic acids is 1. The van der Waals surface area contributed by atoms with Gasteiger partial charge in [-0.15, -0.1) is 0 Å². The second kappa shape index (κ2) is 10.3. The quantitative estimate of drug-likeness (QED) is 0.371. The number of allylic oxidation sites excluding steroid dienone is 1. The number of rotatable bonds is 7. The first-order valence-corrected chi connectivity index (χ1v) is 9.52. The minimum Gasteiger partial charge on any atom is -0.435 e. The summed E-state index contributed by atoms with van der Waals surface area (Å²) >= 11 is 0. The fraction of sp³-hybridized carbons (Fsp3) is 0.261. The maximum Gasteiger partial charge on any atom is 0.416 e. The van der Waals surface area contributed by atoms with Gasteiger partial charge < -0.3 is 14.5 Å². The van der Waals surface area contributed by atoms with E-state index in [2.05, 4.69) is 4.74 Å². The molecule has 0 heterocycles. The Kier molecular flexibility index (Phi) is 8.02. The van der Waals surface area contributed by atoms with Crippen molar-refractivity contribution in [1.29, 1.82) is 0 Å². The maximum absolute atomic E-state index is 12.8. The molecule has 32 heavy (non-hydrogen) atoms. The Morgan fingerprint density at radius 3 is 2.03 bits per heavy atom. The Bertz CT molecular complexity index is 981. The van der Waals surface area contributed by atoms with Gasteiger partial charge >= 0.3 is 12.8 Å². The highest BCUT2D eigenvalue weighted by atomic mass is 19.4. The smallest absolute Gasteiger partial charge is 0.416 e. The molecule has 0 saturated heterocycles. The molecule has 2 aromatic rings. The largest absolute Gasteiger partial charge is 0.435 e. The number of ether oxygens (including phenoxy) is 1. The fourth-order valence-corrected chi connectivity index (χ4v) is 3.05. The third kappa shape index (κ3) is 6.32. The van der Waals surface area contributed by atoms with E-state index in [0.717, 1.165) is 12.1 Å². The van der Waals surface area contributed by atoms with Crippen LogP contribution in [0.1, 0.15) is 25.0 Å². The van der Waals surface area contributed by atoms with Gasteiger partial charge in [0.05, 0.1) is 5.56 Å². The van der Waals surface area contributed by atoms with Crippen molar-refractivity contribution in [2.75, 3.05) is 19.0 Å². The molecule has 0 radical (unpaired) electrons. The third-order valence-corrected chi connectivity index (χ3v) is 4.64. The predicted molar refractivity (Wildman–Crippen MR) is 113 cm³/mol. The first kappa shape index (κ1) is 24.9. The summed E-state index contributed by atoms with van der Waals surface area (Å²) < 4.78 is 67.2. The number of halogens is 5. The number of nitrogens with zero attached hydrogens (tertiary/aromatic N) is 2. The summed E-state index contributed by atoms with van der Waals surface area (Å²) in [6.07, 6.45) is -1.12. The molecule has 0 saturated carbocycles. The minimum absolute atomic E-state index is 0.0223. The number of hydrogen-bond acceptors (Lipinski definition) is 3. The van der Waals surface area contributed by atoms with Crippen molar-refractivity contribution in [1.82, 2.24) is 4.90 Å². The Labute approximate surface area is 183 Å². The van der Waals surface area contributed by atoms with Crippen molar-refractivity contribution in [3.05, 3.63) is 77.5 Å². The zero-order valence-corrected chi connectivity index (χ0v) is 18.0. The molecule has 172 valence electrons. The maximum atomic E-state index is 12.8. The van der Waals surface area contributed by atoms with Crippen molar-refractivity contribution in [2.45, 2.75) is 26.6 Å². The molecule has 0 unspecified atom stereocenters. The van der Waals surface area contributed by atoms with Crippen LogP contribution in [-0.2, 0) is 11.0 Å². The molecule has 0 atom stereocenters. The van der Waals surface area contributed by atoms with Crippen molar-refractivity contribution in [2.24, 2.45) is 0 Å². The van der Waals surface area contributed by atoms with E-state index in [1.807, 2.05) is 0 Å². The lowest BCUT2D eigenvalue weighted by Gasteiger charge is -2.22. The summed E-state index contributed by atoms with van der Waals surface area (Å²) in [4.78, 5) is 15.8. The molecule has 0 aliphatic carbocycles. The van der Waals surface area contributed by atoms with Gasteiger partial charge in [0, 0.05) is 37.3 Å². The van der Waals surface area contributed by atoms with Crippen LogP contribution in [0.2, 0.25) is 0 Å². The van der Waals surface area contributed by atoms with E-state index in [-0.39, 0.29) is 11.7 Å². The van der Waals surface area contributed by atoms with Gasteiger partial charge in [0.25, 0.3) is 5.91 Å². The molecule has 2 aromatic carbocycles. The van der Waals surface area contributed by atoms with E-state index in [0.29, 0.717) is 22.5 Å². The van der Waals surface area contributed by atoms with Crippen molar-refractivity contribution >= 4 is 17.3 Å². The lowest BCUT2D eigenvalue weighted by molar-refractivity contribution is -0.137. The van der Waals surface area contributed by atoms with Crippen LogP contribution >= 0.6 is 0 Å². The van der Waals surface area contributed by atoms with Crippen LogP contribution < -0.4 is 9.64 Å². The summed E-state index contributed by atoms with van der Waals surface area (Å²) in [5.74, 6) is -0.367. The van der Waals surface area contributed by atoms with Crippen molar-refractivity contribution < 1.29 is 31.5 Å². The average molecular weight is 454 g/mol. The lowest BCUT2D eigenvalue weighted by atomic mass is 10.1. The topological polar surface area (TPSA) is 32.8 Å². The van der Waals surface area contributed by atoms with Gasteiger partial charge in [0.2, 0.25) is 0 Å². The van der Waals surface area contributed by atoms with Gasteiger partial charge in [-0.05, 0) is 55.8 Å². The molecule has 4 nitrogen and oxygen atoms in total. The highest BCUT2D eigenvalue weighted by Crippen LogP contribution is 2.30. The van der Waals surface area contributed by atoms with Crippen LogP contribution in [0.15, 0.2) is 66.4 Å². The van der Waals surface area contributed by atoms with Gasteiger partial charge in [0.15, 0.2) is 0 Å². The van der Waals surface area contributed by atoms with Crippen LogP contribution in [0.3, 0.4) is 0 Å². The normalized spacial score (nSPS) is 12.7. The van der Waals surface area contributed by atoms with Crippen LogP contribution in [-0.4, -0.2) is 31.5 Å². The van der Waals surface area contributed by atoms with E-state index < -0.39 is 18.4 Å². The summed E-state index contributed by atoms with van der Waals surface area (Å²) in [6.45, 7) is 0.402. The Hall–Kier alpha value is -3.36. The van der Waals surface area contributed by atoms with Gasteiger partial charge in [0.1, 0.15) is 5.75 Å². The standard InChI is InChI=1S/C23H23F5N2O2/c1-5-20(16-6-8-17(9-7-16)23(26,27)28)29(3)14-15(2)21(31)30(4)18-10-12-19(13-11-18)32-22(24)25/h5-14,22H,1-4H3. The summed E-state index contributed by atoms with van der Waals surface area (Å²) in [6, 6.07) is 10.4. The first-order valence-electron chi connectivity index (χ1n) is 9.52. The van der Waals surface area contributed by atoms with Crippen LogP contribution in [0.25, 0.3) is 5.70 Å². The van der Waals surface area contributed by atoms with E-state index in [9.17, 15) is 26.7 Å². The Balaban J connectivity index is 2.16. The molecule has 2 rings (SSSR count). The summed E-state index contributed by atoms with van der Waals surface area (Å²) in [5.41, 5.74) is 1.26. The monoisotopic (exact) mass is 454 g/mol. The Morgan fingerprint density at radius 1 is 1.00 bits per heavy atom. The van der Waals surface area contributed by atoms with Gasteiger partial charge in [-0.25, -0.2) is 0 Å². The highest BCUT2D eigenvalue weighted by Gasteiger charge is 2.30. The van der Waals surface area contributed by atoms with Crippen LogP contribution in [0.4, 0.5) is 27.6 Å². The number of hydrogen-bond donors (Lipinski definition) is 0. The van der Waals surface area contributed by atoms with Crippen LogP contribution in [0.5, 0.6) is 5.75 Å². The molecular weight excluding hydrogens is 431 g/mol. The average Bonchev–Trinajstić information content (AvgIpc) is 2.73. The number of anilines is 1. The molecule has 0 N–H and O–H groups in total. The fourth-order valence-electron chi connectivity index (χ4n) is 3.05. The zero-order chi connectivity index (χ0) is 24.1. The molecule has 1 amide bonds. The summed E-state index contributed by atoms with van der Waals surface area (Å²) in [7, 11) is 3.22. The van der Waals surface area contributed by atoms with E-state index in [1.165, 1.54) is 48.3 Å². The molecule has 0 bridgehead atoms. The number of likely N-dealkylation sites (N-methyl/N-ethyl adjacent to an activating group) is 1. The van der Waals surface area contributed by atoms with Gasteiger partial charge in [-0.3, -0.25) is 4.79 Å². The predicted octanol–water partition coefficient (Wildman–Crippen LogP) is 6.17. The van der Waals surface area contributed by atoms with E-state index >= 15 is 0 Å². The highest BCUT2D eigenvalue weighted by molar-refractivity contribution is 6.04. The van der Waals surface area contributed by atoms with Gasteiger partial charge in [-0.2, -0.15) is 22.0 Å². The molecular formula is C23H23F5N2O2. The Morgan fingerprint density at radius 2 is 1.56 bits per heavy atom. The second-order valence-electron chi connectivity index (χ2n) is 6.91. The molecule has 9 heteroatoms. The molecule has 0 aliphatic heterocycles. The number of alkyl halides is 5. The number of carbonyl (C=O) groups is 1. The minimum atomic E-state index is -4.42. The SMILES string of the molecule is CC=C(c1ccc(C(F)(F)F)cc1)N(C)C=C(C)C(=O)N(C)c1ccc(OC(F)F)cc1. The van der Waals surface area contributed by atoms with Crippen LogP contribution in [0, 0.1) is 0 Å². The molecule has 0 spiro atoms. The van der Waals surface area contributed by atoms with E-state index in [1.54, 1.807) is 38.1 Å². The zero-order valence-electron chi connectivity index (χ0n) is 18.0. The molecule has 0 aliphatic rings. The van der Waals surface area contributed by atoms with Crippen molar-refractivity contribution in [3.8, 4) is 5.75 Å². The summed E-state index contributed by atoms with van der Waals surface area (Å²) in [5, 5.41) is 0. The number of amides is 1. The van der Waals surface area contributed by atoms with Gasteiger partial charge in [-0.1, -0.05) is 18.2 Å². The third-order valence-electron chi connectivity index (χ3n) is 4.64. The lowest BCUT2D eigenvalue weighted by Crippen LogP contribution is -2.27.